The van der Waals surface area contributed by atoms with E-state index in [2.05, 4.69) is 15.9 Å². The van der Waals surface area contributed by atoms with Crippen LogP contribution >= 0.6 is 27.3 Å². The largest absolute Gasteiger partial charge is 0.481 e. The summed E-state index contributed by atoms with van der Waals surface area (Å²) in [7, 11) is 0. The Bertz CT molecular complexity index is 512. The van der Waals surface area contributed by atoms with E-state index in [9.17, 15) is 9.59 Å². The zero-order valence-electron chi connectivity index (χ0n) is 10.2. The molecule has 1 aliphatic rings. The predicted molar refractivity (Wildman–Crippen MR) is 78.0 cm³/mol. The van der Waals surface area contributed by atoms with E-state index in [1.165, 1.54) is 6.08 Å². The van der Waals surface area contributed by atoms with Gasteiger partial charge in [0.15, 0.2) is 0 Å². The summed E-state index contributed by atoms with van der Waals surface area (Å²) < 4.78 is 1.02. The minimum atomic E-state index is -0.816. The molecule has 1 aromatic rings. The third-order valence-corrected chi connectivity index (χ3v) is 4.66. The lowest BCUT2D eigenvalue weighted by atomic mass is 9.98. The van der Waals surface area contributed by atoms with Crippen molar-refractivity contribution in [3.63, 3.8) is 0 Å². The number of hydrogen-bond acceptors (Lipinski definition) is 3. The molecule has 1 atom stereocenters. The number of carboxylic acids is 1. The van der Waals surface area contributed by atoms with Crippen LogP contribution in [0.3, 0.4) is 0 Å². The first-order valence-corrected chi connectivity index (χ1v) is 7.62. The standard InChI is InChI=1S/C13H14BrNO3S/c14-11-5-3-10(19-11)4-6-12(16)15-7-1-2-9(8-15)13(17)18/h3-6,9H,1-2,7-8H2,(H,17,18). The van der Waals surface area contributed by atoms with E-state index in [0.29, 0.717) is 19.5 Å². The van der Waals surface area contributed by atoms with Gasteiger partial charge in [0.1, 0.15) is 0 Å². The molecule has 0 aromatic carbocycles. The maximum atomic E-state index is 12.0. The van der Waals surface area contributed by atoms with E-state index >= 15 is 0 Å². The van der Waals surface area contributed by atoms with E-state index in [4.69, 9.17) is 5.11 Å². The molecular formula is C13H14BrNO3S. The molecule has 0 aliphatic carbocycles. The molecule has 1 amide bonds. The summed E-state index contributed by atoms with van der Waals surface area (Å²) in [5.74, 6) is -1.36. The molecule has 19 heavy (non-hydrogen) atoms. The quantitative estimate of drug-likeness (QED) is 0.858. The summed E-state index contributed by atoms with van der Waals surface area (Å²) in [6.45, 7) is 0.952. The summed E-state index contributed by atoms with van der Waals surface area (Å²) in [5.41, 5.74) is 0. The van der Waals surface area contributed by atoms with Crippen LogP contribution in [0.25, 0.3) is 6.08 Å². The lowest BCUT2D eigenvalue weighted by Crippen LogP contribution is -2.41. The smallest absolute Gasteiger partial charge is 0.308 e. The highest BCUT2D eigenvalue weighted by Gasteiger charge is 2.27. The van der Waals surface area contributed by atoms with Gasteiger partial charge in [-0.3, -0.25) is 9.59 Å². The van der Waals surface area contributed by atoms with Crippen molar-refractivity contribution >= 4 is 45.2 Å². The molecular weight excluding hydrogens is 330 g/mol. The van der Waals surface area contributed by atoms with Crippen molar-refractivity contribution in [1.82, 2.24) is 4.90 Å². The fourth-order valence-electron chi connectivity index (χ4n) is 2.06. The van der Waals surface area contributed by atoms with Gasteiger partial charge >= 0.3 is 5.97 Å². The summed E-state index contributed by atoms with van der Waals surface area (Å²) >= 11 is 4.91. The number of halogens is 1. The SMILES string of the molecule is O=C(O)C1CCCN(C(=O)C=Cc2ccc(Br)s2)C1. The van der Waals surface area contributed by atoms with Gasteiger partial charge in [-0.25, -0.2) is 0 Å². The van der Waals surface area contributed by atoms with Crippen LogP contribution in [0.1, 0.15) is 17.7 Å². The number of hydrogen-bond donors (Lipinski definition) is 1. The predicted octanol–water partition coefficient (Wildman–Crippen LogP) is 2.85. The third-order valence-electron chi connectivity index (χ3n) is 3.07. The van der Waals surface area contributed by atoms with Crippen molar-refractivity contribution in [2.24, 2.45) is 5.92 Å². The lowest BCUT2D eigenvalue weighted by molar-refractivity contribution is -0.144. The van der Waals surface area contributed by atoms with Crippen LogP contribution in [0.2, 0.25) is 0 Å². The van der Waals surface area contributed by atoms with Gasteiger partial charge < -0.3 is 10.0 Å². The van der Waals surface area contributed by atoms with Crippen LogP contribution in [0.5, 0.6) is 0 Å². The van der Waals surface area contributed by atoms with Crippen LogP contribution in [0.4, 0.5) is 0 Å². The molecule has 6 heteroatoms. The number of aliphatic carboxylic acids is 1. The molecule has 1 saturated heterocycles. The number of thiophene rings is 1. The molecule has 1 N–H and O–H groups in total. The van der Waals surface area contributed by atoms with Crippen LogP contribution in [0.15, 0.2) is 22.0 Å². The molecule has 2 heterocycles. The van der Waals surface area contributed by atoms with Gasteiger partial charge in [0.05, 0.1) is 9.70 Å². The molecule has 1 fully saturated rings. The van der Waals surface area contributed by atoms with Crippen LogP contribution in [-0.4, -0.2) is 35.0 Å². The molecule has 0 bridgehead atoms. The van der Waals surface area contributed by atoms with Gasteiger partial charge in [-0.2, -0.15) is 0 Å². The van der Waals surface area contributed by atoms with Crippen molar-refractivity contribution < 1.29 is 14.7 Å². The molecule has 0 radical (unpaired) electrons. The second-order valence-corrected chi connectivity index (χ2v) is 6.93. The number of nitrogens with zero attached hydrogens (tertiary/aromatic N) is 1. The van der Waals surface area contributed by atoms with Crippen LogP contribution in [0, 0.1) is 5.92 Å². The summed E-state index contributed by atoms with van der Waals surface area (Å²) in [4.78, 5) is 25.5. The average molecular weight is 344 g/mol. The fraction of sp³-hybridized carbons (Fsp3) is 0.385. The minimum Gasteiger partial charge on any atom is -0.481 e. The molecule has 1 unspecified atom stereocenters. The van der Waals surface area contributed by atoms with E-state index < -0.39 is 11.9 Å². The Morgan fingerprint density at radius 3 is 2.89 bits per heavy atom. The zero-order valence-corrected chi connectivity index (χ0v) is 12.6. The summed E-state index contributed by atoms with van der Waals surface area (Å²) in [6.07, 6.45) is 4.69. The molecule has 1 aromatic heterocycles. The average Bonchev–Trinajstić information content (AvgIpc) is 2.82. The maximum Gasteiger partial charge on any atom is 0.308 e. The Morgan fingerprint density at radius 1 is 1.47 bits per heavy atom. The summed E-state index contributed by atoms with van der Waals surface area (Å²) in [6, 6.07) is 3.85. The Hall–Kier alpha value is -1.14. The first-order chi connectivity index (χ1) is 9.06. The second-order valence-electron chi connectivity index (χ2n) is 4.44. The monoisotopic (exact) mass is 343 g/mol. The van der Waals surface area contributed by atoms with E-state index in [-0.39, 0.29) is 5.91 Å². The van der Waals surface area contributed by atoms with Crippen molar-refractivity contribution in [3.8, 4) is 0 Å². The van der Waals surface area contributed by atoms with Crippen LogP contribution < -0.4 is 0 Å². The Kier molecular flexibility index (Phi) is 4.76. The van der Waals surface area contributed by atoms with Gasteiger partial charge in [-0.05, 0) is 47.0 Å². The van der Waals surface area contributed by atoms with Crippen molar-refractivity contribution in [1.29, 1.82) is 0 Å². The number of amides is 1. The van der Waals surface area contributed by atoms with Crippen molar-refractivity contribution in [3.05, 3.63) is 26.9 Å². The molecule has 0 saturated carbocycles. The molecule has 102 valence electrons. The Labute approximate surface area is 123 Å². The number of likely N-dealkylation sites (tertiary alicyclic amines) is 1. The number of carbonyl (C=O) groups excluding carboxylic acids is 1. The highest BCUT2D eigenvalue weighted by Crippen LogP contribution is 2.23. The van der Waals surface area contributed by atoms with Crippen molar-refractivity contribution in [2.45, 2.75) is 12.8 Å². The first kappa shape index (κ1) is 14.3. The molecule has 1 aliphatic heterocycles. The third kappa shape index (κ3) is 3.91. The van der Waals surface area contributed by atoms with Gasteiger partial charge in [0, 0.05) is 24.0 Å². The maximum absolute atomic E-state index is 12.0. The zero-order chi connectivity index (χ0) is 13.8. The number of carboxylic acid groups (broad SMARTS) is 1. The number of piperidine rings is 1. The van der Waals surface area contributed by atoms with E-state index in [0.717, 1.165) is 15.1 Å². The van der Waals surface area contributed by atoms with Gasteiger partial charge in [0.2, 0.25) is 5.91 Å². The molecule has 4 nitrogen and oxygen atoms in total. The fourth-order valence-corrected chi connectivity index (χ4v) is 3.38. The lowest BCUT2D eigenvalue weighted by Gasteiger charge is -2.29. The first-order valence-electron chi connectivity index (χ1n) is 6.01. The number of carbonyl (C=O) groups is 2. The van der Waals surface area contributed by atoms with Gasteiger partial charge in [-0.1, -0.05) is 0 Å². The Balaban J connectivity index is 1.96. The van der Waals surface area contributed by atoms with E-state index in [1.807, 2.05) is 12.1 Å². The number of rotatable bonds is 3. The van der Waals surface area contributed by atoms with Gasteiger partial charge in [-0.15, -0.1) is 11.3 Å². The molecule has 2 rings (SSSR count). The van der Waals surface area contributed by atoms with Crippen LogP contribution in [-0.2, 0) is 9.59 Å². The second kappa shape index (κ2) is 6.34. The van der Waals surface area contributed by atoms with Crippen molar-refractivity contribution in [2.75, 3.05) is 13.1 Å². The normalized spacial score (nSPS) is 19.8. The highest BCUT2D eigenvalue weighted by atomic mass is 79.9. The minimum absolute atomic E-state index is 0.115. The molecule has 0 spiro atoms. The highest BCUT2D eigenvalue weighted by molar-refractivity contribution is 9.11. The van der Waals surface area contributed by atoms with Gasteiger partial charge in [0.25, 0.3) is 0 Å². The van der Waals surface area contributed by atoms with E-state index in [1.54, 1.807) is 22.3 Å². The Morgan fingerprint density at radius 2 is 2.26 bits per heavy atom. The topological polar surface area (TPSA) is 57.6 Å². The summed E-state index contributed by atoms with van der Waals surface area (Å²) in [5, 5.41) is 8.99.